The molecule has 1 saturated heterocycles. The van der Waals surface area contributed by atoms with E-state index in [0.29, 0.717) is 17.1 Å². The number of esters is 1. The fourth-order valence-corrected chi connectivity index (χ4v) is 4.36. The minimum Gasteiger partial charge on any atom is -0.456 e. The third-order valence-corrected chi connectivity index (χ3v) is 5.69. The number of rotatable bonds is 4. The van der Waals surface area contributed by atoms with Crippen molar-refractivity contribution >= 4 is 40.1 Å². The minimum absolute atomic E-state index is 0.0162. The number of β-lactam (4-membered cyclic amide) rings is 1. The molecular formula is C19H14ClNO3S. The van der Waals surface area contributed by atoms with Gasteiger partial charge in [0.15, 0.2) is 0 Å². The van der Waals surface area contributed by atoms with Gasteiger partial charge < -0.3 is 4.74 Å². The third-order valence-electron chi connectivity index (χ3n) is 4.13. The van der Waals surface area contributed by atoms with Crippen molar-refractivity contribution < 1.29 is 14.3 Å². The van der Waals surface area contributed by atoms with Gasteiger partial charge in [0.2, 0.25) is 5.91 Å². The molecule has 6 heteroatoms. The molecular weight excluding hydrogens is 358 g/mol. The summed E-state index contributed by atoms with van der Waals surface area (Å²) >= 11 is 7.47. The monoisotopic (exact) mass is 371 g/mol. The summed E-state index contributed by atoms with van der Waals surface area (Å²) in [5, 5.41) is 0.609. The number of thioether (sulfide) groups is 1. The van der Waals surface area contributed by atoms with Crippen LogP contribution in [0, 0.1) is 0 Å². The fraction of sp³-hybridized carbons (Fsp3) is 0.158. The van der Waals surface area contributed by atoms with Crippen LogP contribution in [0.25, 0.3) is 4.91 Å². The summed E-state index contributed by atoms with van der Waals surface area (Å²) < 4.78 is 5.46. The summed E-state index contributed by atoms with van der Waals surface area (Å²) in [6.45, 7) is 0.175. The lowest BCUT2D eigenvalue weighted by Crippen LogP contribution is -2.48. The Morgan fingerprint density at radius 3 is 2.56 bits per heavy atom. The molecule has 25 heavy (non-hydrogen) atoms. The van der Waals surface area contributed by atoms with Crippen LogP contribution < -0.4 is 0 Å². The lowest BCUT2D eigenvalue weighted by molar-refractivity contribution is -0.149. The molecule has 0 N–H and O–H groups in total. The highest BCUT2D eigenvalue weighted by atomic mass is 35.5. The largest absolute Gasteiger partial charge is 0.456 e. The van der Waals surface area contributed by atoms with E-state index in [1.165, 1.54) is 11.8 Å². The number of hydrogen-bond acceptors (Lipinski definition) is 4. The maximum Gasteiger partial charge on any atom is 0.356 e. The van der Waals surface area contributed by atoms with E-state index in [-0.39, 0.29) is 17.9 Å². The van der Waals surface area contributed by atoms with Crippen LogP contribution in [0.2, 0.25) is 5.02 Å². The molecule has 2 aliphatic heterocycles. The van der Waals surface area contributed by atoms with E-state index in [2.05, 4.69) is 0 Å². The summed E-state index contributed by atoms with van der Waals surface area (Å²) in [5.41, 5.74) is 2.11. The average Bonchev–Trinajstić information content (AvgIpc) is 2.94. The van der Waals surface area contributed by atoms with E-state index in [1.54, 1.807) is 17.0 Å². The van der Waals surface area contributed by atoms with Gasteiger partial charge in [-0.1, -0.05) is 65.8 Å². The first-order chi connectivity index (χ1) is 12.1. The SMILES string of the molecule is O=C(OCc1ccccc1)C1=C(c2ccc(Cl)cc2)S[C@H]2CC(=O)N12. The van der Waals surface area contributed by atoms with Gasteiger partial charge in [-0.25, -0.2) is 4.79 Å². The summed E-state index contributed by atoms with van der Waals surface area (Å²) in [5.74, 6) is -0.523. The molecule has 0 aromatic heterocycles. The number of hydrogen-bond donors (Lipinski definition) is 0. The normalized spacial score (nSPS) is 18.8. The van der Waals surface area contributed by atoms with Crippen molar-refractivity contribution in [3.63, 3.8) is 0 Å². The van der Waals surface area contributed by atoms with Gasteiger partial charge in [0.1, 0.15) is 12.3 Å². The van der Waals surface area contributed by atoms with Crippen molar-refractivity contribution in [3.8, 4) is 0 Å². The van der Waals surface area contributed by atoms with E-state index in [1.807, 2.05) is 42.5 Å². The fourth-order valence-electron chi connectivity index (χ4n) is 2.84. The topological polar surface area (TPSA) is 46.6 Å². The Hall–Kier alpha value is -2.24. The molecule has 0 unspecified atom stereocenters. The van der Waals surface area contributed by atoms with Gasteiger partial charge in [0.25, 0.3) is 0 Å². The maximum absolute atomic E-state index is 12.7. The van der Waals surface area contributed by atoms with Crippen molar-refractivity contribution in [2.24, 2.45) is 0 Å². The lowest BCUT2D eigenvalue weighted by Gasteiger charge is -2.34. The van der Waals surface area contributed by atoms with E-state index >= 15 is 0 Å². The Morgan fingerprint density at radius 1 is 1.16 bits per heavy atom. The van der Waals surface area contributed by atoms with Crippen molar-refractivity contribution in [2.75, 3.05) is 0 Å². The summed E-state index contributed by atoms with van der Waals surface area (Å²) in [7, 11) is 0. The number of ether oxygens (including phenoxy) is 1. The highest BCUT2D eigenvalue weighted by molar-refractivity contribution is 8.09. The zero-order chi connectivity index (χ0) is 17.4. The predicted octanol–water partition coefficient (Wildman–Crippen LogP) is 4.06. The van der Waals surface area contributed by atoms with Gasteiger partial charge in [-0.05, 0) is 23.3 Å². The van der Waals surface area contributed by atoms with Gasteiger partial charge >= 0.3 is 5.97 Å². The Bertz CT molecular complexity index is 864. The Balaban J connectivity index is 1.62. The molecule has 1 atom stereocenters. The number of nitrogens with zero attached hydrogens (tertiary/aromatic N) is 1. The number of fused-ring (bicyclic) bond motifs is 1. The van der Waals surface area contributed by atoms with Gasteiger partial charge in [0, 0.05) is 9.93 Å². The maximum atomic E-state index is 12.7. The highest BCUT2D eigenvalue weighted by Crippen LogP contribution is 2.50. The van der Waals surface area contributed by atoms with Crippen LogP contribution in [-0.4, -0.2) is 22.2 Å². The van der Waals surface area contributed by atoms with Gasteiger partial charge in [-0.15, -0.1) is 0 Å². The molecule has 2 aromatic carbocycles. The molecule has 2 aliphatic rings. The van der Waals surface area contributed by atoms with Crippen LogP contribution in [-0.2, 0) is 20.9 Å². The molecule has 126 valence electrons. The van der Waals surface area contributed by atoms with Crippen LogP contribution in [0.5, 0.6) is 0 Å². The summed E-state index contributed by atoms with van der Waals surface area (Å²) in [6, 6.07) is 16.7. The zero-order valence-corrected chi connectivity index (χ0v) is 14.7. The van der Waals surface area contributed by atoms with E-state index in [0.717, 1.165) is 16.0 Å². The molecule has 4 rings (SSSR count). The van der Waals surface area contributed by atoms with Crippen LogP contribution in [0.4, 0.5) is 0 Å². The molecule has 1 amide bonds. The lowest BCUT2D eigenvalue weighted by atomic mass is 10.1. The van der Waals surface area contributed by atoms with Crippen molar-refractivity contribution in [1.29, 1.82) is 0 Å². The van der Waals surface area contributed by atoms with Crippen LogP contribution in [0.3, 0.4) is 0 Å². The Kier molecular flexibility index (Phi) is 4.27. The molecule has 0 aliphatic carbocycles. The van der Waals surface area contributed by atoms with Gasteiger partial charge in [0.05, 0.1) is 11.8 Å². The first-order valence-corrected chi connectivity index (χ1v) is 9.09. The first-order valence-electron chi connectivity index (χ1n) is 7.83. The van der Waals surface area contributed by atoms with Crippen molar-refractivity contribution in [2.45, 2.75) is 18.4 Å². The zero-order valence-electron chi connectivity index (χ0n) is 13.1. The van der Waals surface area contributed by atoms with Crippen LogP contribution >= 0.6 is 23.4 Å². The quantitative estimate of drug-likeness (QED) is 0.600. The van der Waals surface area contributed by atoms with Gasteiger partial charge in [-0.3, -0.25) is 9.69 Å². The van der Waals surface area contributed by atoms with Gasteiger partial charge in [-0.2, -0.15) is 0 Å². The molecule has 1 fully saturated rings. The first kappa shape index (κ1) is 16.2. The molecule has 0 bridgehead atoms. The summed E-state index contributed by atoms with van der Waals surface area (Å²) in [4.78, 5) is 27.0. The van der Waals surface area contributed by atoms with Crippen LogP contribution in [0.15, 0.2) is 60.3 Å². The number of carbonyl (C=O) groups is 2. The van der Waals surface area contributed by atoms with Crippen molar-refractivity contribution in [1.82, 2.24) is 4.90 Å². The molecule has 0 spiro atoms. The minimum atomic E-state index is -0.475. The predicted molar refractivity (Wildman–Crippen MR) is 97.5 cm³/mol. The average molecular weight is 372 g/mol. The second-order valence-electron chi connectivity index (χ2n) is 5.79. The third kappa shape index (κ3) is 3.05. The smallest absolute Gasteiger partial charge is 0.356 e. The molecule has 2 aromatic rings. The Labute approximate surface area is 154 Å². The molecule has 0 radical (unpaired) electrons. The molecule has 2 heterocycles. The number of carbonyl (C=O) groups excluding carboxylic acids is 2. The second kappa shape index (κ2) is 6.58. The van der Waals surface area contributed by atoms with Crippen molar-refractivity contribution in [3.05, 3.63) is 76.4 Å². The van der Waals surface area contributed by atoms with Crippen LogP contribution in [0.1, 0.15) is 17.5 Å². The number of amides is 1. The highest BCUT2D eigenvalue weighted by Gasteiger charge is 2.49. The second-order valence-corrected chi connectivity index (χ2v) is 7.41. The van der Waals surface area contributed by atoms with E-state index < -0.39 is 5.97 Å². The number of halogens is 1. The van der Waals surface area contributed by atoms with E-state index in [9.17, 15) is 9.59 Å². The van der Waals surface area contributed by atoms with E-state index in [4.69, 9.17) is 16.3 Å². The summed E-state index contributed by atoms with van der Waals surface area (Å²) in [6.07, 6.45) is 0.442. The molecule has 4 nitrogen and oxygen atoms in total. The number of benzene rings is 2. The Morgan fingerprint density at radius 2 is 1.88 bits per heavy atom. The molecule has 0 saturated carbocycles. The standard InChI is InChI=1S/C19H14ClNO3S/c20-14-8-6-13(7-9-14)18-17(21-15(22)10-16(21)25-18)19(23)24-11-12-4-2-1-3-5-12/h1-9,16H,10-11H2/t16-/m0/s1.